The molecule has 2 aliphatic rings. The Bertz CT molecular complexity index is 838. The molecule has 2 aliphatic heterocycles. The number of fused-ring (bicyclic) bond motifs is 3. The SMILES string of the molecule is COc1cc2c(cc1OC)CN1Cc3cc(OC)c(OC)cc3CC1CC2. The molecule has 2 aromatic carbocycles. The van der Waals surface area contributed by atoms with Crippen LogP contribution in [0.3, 0.4) is 0 Å². The van der Waals surface area contributed by atoms with Gasteiger partial charge in [0.2, 0.25) is 0 Å². The standard InChI is InChI=1S/C22H27NO4/c1-24-19-8-14-5-6-18-7-15-9-20(25-2)22(27-4)11-17(15)13-23(18)12-16(14)10-21(19)26-3/h8-11,18H,5-7,12-13H2,1-4H3. The van der Waals surface area contributed by atoms with Crippen LogP contribution in [-0.2, 0) is 25.9 Å². The van der Waals surface area contributed by atoms with Crippen molar-refractivity contribution in [2.75, 3.05) is 28.4 Å². The third-order valence-electron chi connectivity index (χ3n) is 5.88. The van der Waals surface area contributed by atoms with E-state index in [1.165, 1.54) is 22.3 Å². The van der Waals surface area contributed by atoms with Crippen LogP contribution < -0.4 is 18.9 Å². The van der Waals surface area contributed by atoms with E-state index in [0.29, 0.717) is 6.04 Å². The molecular formula is C22H27NO4. The Balaban J connectivity index is 1.66. The molecule has 0 N–H and O–H groups in total. The molecule has 0 fully saturated rings. The Kier molecular flexibility index (Phi) is 4.87. The second kappa shape index (κ2) is 7.31. The highest BCUT2D eigenvalue weighted by molar-refractivity contribution is 5.50. The van der Waals surface area contributed by atoms with Crippen LogP contribution >= 0.6 is 0 Å². The molecule has 0 aliphatic carbocycles. The molecule has 144 valence electrons. The van der Waals surface area contributed by atoms with Gasteiger partial charge < -0.3 is 18.9 Å². The third kappa shape index (κ3) is 3.21. The average molecular weight is 369 g/mol. The zero-order valence-electron chi connectivity index (χ0n) is 16.5. The van der Waals surface area contributed by atoms with Gasteiger partial charge in [0.15, 0.2) is 23.0 Å². The Labute approximate surface area is 160 Å². The molecule has 0 saturated heterocycles. The number of ether oxygens (including phenoxy) is 4. The Hall–Kier alpha value is -2.40. The topological polar surface area (TPSA) is 40.2 Å². The van der Waals surface area contributed by atoms with E-state index in [9.17, 15) is 0 Å². The van der Waals surface area contributed by atoms with E-state index in [1.807, 2.05) is 0 Å². The van der Waals surface area contributed by atoms with Crippen LogP contribution in [0.15, 0.2) is 24.3 Å². The van der Waals surface area contributed by atoms with Crippen LogP contribution in [0.2, 0.25) is 0 Å². The molecular weight excluding hydrogens is 342 g/mol. The van der Waals surface area contributed by atoms with Gasteiger partial charge in [-0.25, -0.2) is 0 Å². The Morgan fingerprint density at radius 1 is 0.667 bits per heavy atom. The molecule has 0 amide bonds. The van der Waals surface area contributed by atoms with E-state index in [2.05, 4.69) is 29.2 Å². The summed E-state index contributed by atoms with van der Waals surface area (Å²) in [6.07, 6.45) is 3.23. The van der Waals surface area contributed by atoms with Crippen LogP contribution in [0, 0.1) is 0 Å². The maximum absolute atomic E-state index is 5.52. The highest BCUT2D eigenvalue weighted by Crippen LogP contribution is 2.39. The summed E-state index contributed by atoms with van der Waals surface area (Å²) in [7, 11) is 6.78. The minimum absolute atomic E-state index is 0.528. The predicted octanol–water partition coefficient (Wildman–Crippen LogP) is 3.59. The molecule has 5 heteroatoms. The van der Waals surface area contributed by atoms with E-state index in [-0.39, 0.29) is 0 Å². The fourth-order valence-corrected chi connectivity index (χ4v) is 4.38. The van der Waals surface area contributed by atoms with Crippen molar-refractivity contribution in [2.24, 2.45) is 0 Å². The molecule has 2 aromatic rings. The van der Waals surface area contributed by atoms with Crippen LogP contribution in [0.1, 0.15) is 28.7 Å². The van der Waals surface area contributed by atoms with Crippen LogP contribution in [-0.4, -0.2) is 39.4 Å². The van der Waals surface area contributed by atoms with Crippen LogP contribution in [0.4, 0.5) is 0 Å². The quantitative estimate of drug-likeness (QED) is 0.824. The smallest absolute Gasteiger partial charge is 0.161 e. The second-order valence-corrected chi connectivity index (χ2v) is 7.25. The number of benzene rings is 2. The molecule has 0 bridgehead atoms. The fourth-order valence-electron chi connectivity index (χ4n) is 4.38. The lowest BCUT2D eigenvalue weighted by atomic mass is 9.91. The summed E-state index contributed by atoms with van der Waals surface area (Å²) < 4.78 is 22.0. The molecule has 2 heterocycles. The molecule has 5 nitrogen and oxygen atoms in total. The normalized spacial score (nSPS) is 18.6. The van der Waals surface area contributed by atoms with Crippen molar-refractivity contribution >= 4 is 0 Å². The third-order valence-corrected chi connectivity index (χ3v) is 5.88. The lowest BCUT2D eigenvalue weighted by Gasteiger charge is -2.36. The molecule has 1 atom stereocenters. The zero-order valence-corrected chi connectivity index (χ0v) is 16.5. The van der Waals surface area contributed by atoms with Gasteiger partial charge in [-0.3, -0.25) is 4.90 Å². The van der Waals surface area contributed by atoms with Gasteiger partial charge in [-0.1, -0.05) is 0 Å². The maximum atomic E-state index is 5.52. The van der Waals surface area contributed by atoms with Gasteiger partial charge in [0.25, 0.3) is 0 Å². The fraction of sp³-hybridized carbons (Fsp3) is 0.455. The summed E-state index contributed by atoms with van der Waals surface area (Å²) in [6.45, 7) is 1.85. The van der Waals surface area contributed by atoms with Gasteiger partial charge in [0, 0.05) is 19.1 Å². The van der Waals surface area contributed by atoms with Crippen molar-refractivity contribution in [1.29, 1.82) is 0 Å². The molecule has 0 spiro atoms. The van der Waals surface area contributed by atoms with E-state index < -0.39 is 0 Å². The Morgan fingerprint density at radius 2 is 1.11 bits per heavy atom. The van der Waals surface area contributed by atoms with Gasteiger partial charge in [0.1, 0.15) is 0 Å². The molecule has 1 unspecified atom stereocenters. The zero-order chi connectivity index (χ0) is 19.0. The molecule has 0 radical (unpaired) electrons. The van der Waals surface area contributed by atoms with Gasteiger partial charge in [0.05, 0.1) is 28.4 Å². The second-order valence-electron chi connectivity index (χ2n) is 7.25. The molecule has 27 heavy (non-hydrogen) atoms. The highest BCUT2D eigenvalue weighted by atomic mass is 16.5. The largest absolute Gasteiger partial charge is 0.493 e. The summed E-state index contributed by atoms with van der Waals surface area (Å²) >= 11 is 0. The first-order valence-electron chi connectivity index (χ1n) is 9.38. The van der Waals surface area contributed by atoms with E-state index >= 15 is 0 Å². The summed E-state index contributed by atoms with van der Waals surface area (Å²) in [5.74, 6) is 3.24. The number of nitrogens with zero attached hydrogens (tertiary/aromatic N) is 1. The van der Waals surface area contributed by atoms with Crippen molar-refractivity contribution in [1.82, 2.24) is 4.90 Å². The van der Waals surface area contributed by atoms with Crippen molar-refractivity contribution in [3.8, 4) is 23.0 Å². The van der Waals surface area contributed by atoms with Crippen molar-refractivity contribution in [3.05, 3.63) is 46.5 Å². The van der Waals surface area contributed by atoms with Gasteiger partial charge in [-0.05, 0) is 65.8 Å². The highest BCUT2D eigenvalue weighted by Gasteiger charge is 2.30. The van der Waals surface area contributed by atoms with Crippen molar-refractivity contribution in [2.45, 2.75) is 38.4 Å². The first kappa shape index (κ1) is 18.0. The Morgan fingerprint density at radius 3 is 1.63 bits per heavy atom. The lowest BCUT2D eigenvalue weighted by Crippen LogP contribution is -2.39. The van der Waals surface area contributed by atoms with Crippen molar-refractivity contribution < 1.29 is 18.9 Å². The summed E-state index contributed by atoms with van der Waals surface area (Å²) in [4.78, 5) is 2.58. The van der Waals surface area contributed by atoms with E-state index in [4.69, 9.17) is 18.9 Å². The molecule has 0 saturated carbocycles. The maximum Gasteiger partial charge on any atom is 0.161 e. The minimum atomic E-state index is 0.528. The van der Waals surface area contributed by atoms with E-state index in [1.54, 1.807) is 28.4 Å². The first-order valence-corrected chi connectivity index (χ1v) is 9.38. The summed E-state index contributed by atoms with van der Waals surface area (Å²) in [5.41, 5.74) is 5.39. The van der Waals surface area contributed by atoms with Gasteiger partial charge in [-0.15, -0.1) is 0 Å². The van der Waals surface area contributed by atoms with Crippen LogP contribution in [0.25, 0.3) is 0 Å². The minimum Gasteiger partial charge on any atom is -0.493 e. The number of hydrogen-bond donors (Lipinski definition) is 0. The number of rotatable bonds is 4. The number of aryl methyl sites for hydroxylation is 1. The van der Waals surface area contributed by atoms with Crippen LogP contribution in [0.5, 0.6) is 23.0 Å². The van der Waals surface area contributed by atoms with Gasteiger partial charge in [-0.2, -0.15) is 0 Å². The predicted molar refractivity (Wildman–Crippen MR) is 104 cm³/mol. The van der Waals surface area contributed by atoms with Crippen molar-refractivity contribution in [3.63, 3.8) is 0 Å². The number of hydrogen-bond acceptors (Lipinski definition) is 5. The monoisotopic (exact) mass is 369 g/mol. The lowest BCUT2D eigenvalue weighted by molar-refractivity contribution is 0.159. The summed E-state index contributed by atoms with van der Waals surface area (Å²) in [6, 6.07) is 9.09. The molecule has 4 rings (SSSR count). The first-order chi connectivity index (χ1) is 13.2. The summed E-state index contributed by atoms with van der Waals surface area (Å²) in [5, 5.41) is 0. The van der Waals surface area contributed by atoms with E-state index in [0.717, 1.165) is 55.4 Å². The number of methoxy groups -OCH3 is 4. The van der Waals surface area contributed by atoms with Gasteiger partial charge >= 0.3 is 0 Å². The molecule has 0 aromatic heterocycles. The average Bonchev–Trinajstić information content (AvgIpc) is 2.87.